The second kappa shape index (κ2) is 11.8. The van der Waals surface area contributed by atoms with Crippen molar-refractivity contribution in [1.29, 1.82) is 0 Å². The lowest BCUT2D eigenvalue weighted by atomic mass is 10.1. The minimum absolute atomic E-state index is 0.475. The van der Waals surface area contributed by atoms with Crippen LogP contribution in [0.3, 0.4) is 0 Å². The summed E-state index contributed by atoms with van der Waals surface area (Å²) in [6.45, 7) is 7.08. The van der Waals surface area contributed by atoms with Gasteiger partial charge in [-0.3, -0.25) is 0 Å². The minimum Gasteiger partial charge on any atom is -0.460 e. The van der Waals surface area contributed by atoms with Crippen molar-refractivity contribution in [2.75, 3.05) is 19.8 Å². The summed E-state index contributed by atoms with van der Waals surface area (Å²) in [5.74, 6) is -3.86. The van der Waals surface area contributed by atoms with Gasteiger partial charge in [-0.2, -0.15) is 13.2 Å². The number of alkyl carbamates (subject to hydrolysis) is 1. The molecule has 13 heteroatoms. The van der Waals surface area contributed by atoms with Gasteiger partial charge in [0.2, 0.25) is 0 Å². The lowest BCUT2D eigenvalue weighted by Gasteiger charge is -2.29. The SMILES string of the molecule is C=CC(=O)OCC(C)(COC(=O)C=C)NC(=O)OCC(C)OC(=O)C(F)C(F)(F)F. The zero-order chi connectivity index (χ0) is 23.5. The number of amides is 1. The Balaban J connectivity index is 4.80. The van der Waals surface area contributed by atoms with Crippen LogP contribution in [0, 0.1) is 0 Å². The fourth-order valence-corrected chi connectivity index (χ4v) is 1.59. The maximum absolute atomic E-state index is 12.8. The van der Waals surface area contributed by atoms with Gasteiger partial charge < -0.3 is 24.3 Å². The highest BCUT2D eigenvalue weighted by molar-refractivity contribution is 5.82. The predicted octanol–water partition coefficient (Wildman–Crippen LogP) is 1.76. The molecule has 0 aromatic heterocycles. The normalized spacial score (nSPS) is 13.3. The maximum atomic E-state index is 12.8. The summed E-state index contributed by atoms with van der Waals surface area (Å²) < 4.78 is 67.6. The van der Waals surface area contributed by atoms with E-state index in [0.29, 0.717) is 0 Å². The highest BCUT2D eigenvalue weighted by Gasteiger charge is 2.47. The number of nitrogens with one attached hydrogen (secondary N) is 1. The number of carbonyl (C=O) groups is 4. The van der Waals surface area contributed by atoms with Gasteiger partial charge in [0, 0.05) is 12.2 Å². The molecule has 0 aliphatic carbocycles. The third kappa shape index (κ3) is 10.4. The van der Waals surface area contributed by atoms with Gasteiger partial charge in [-0.05, 0) is 13.8 Å². The average Bonchev–Trinajstić information content (AvgIpc) is 2.67. The van der Waals surface area contributed by atoms with Gasteiger partial charge in [0.15, 0.2) is 0 Å². The summed E-state index contributed by atoms with van der Waals surface area (Å²) >= 11 is 0. The molecular formula is C17H21F4NO8. The highest BCUT2D eigenvalue weighted by atomic mass is 19.4. The Kier molecular flexibility index (Phi) is 10.6. The number of halogens is 4. The summed E-state index contributed by atoms with van der Waals surface area (Å²) in [4.78, 5) is 45.4. The molecular weight excluding hydrogens is 422 g/mol. The lowest BCUT2D eigenvalue weighted by Crippen LogP contribution is -2.54. The van der Waals surface area contributed by atoms with Crippen LogP contribution in [0.25, 0.3) is 0 Å². The molecule has 1 N–H and O–H groups in total. The largest absolute Gasteiger partial charge is 0.460 e. The molecule has 0 aliphatic heterocycles. The van der Waals surface area contributed by atoms with Gasteiger partial charge in [0.1, 0.15) is 31.5 Å². The van der Waals surface area contributed by atoms with Gasteiger partial charge in [-0.1, -0.05) is 13.2 Å². The number of esters is 3. The Morgan fingerprint density at radius 1 is 1.00 bits per heavy atom. The molecule has 0 saturated carbocycles. The topological polar surface area (TPSA) is 117 Å². The smallest absolute Gasteiger partial charge is 0.430 e. The van der Waals surface area contributed by atoms with Crippen molar-refractivity contribution in [3.63, 3.8) is 0 Å². The van der Waals surface area contributed by atoms with E-state index in [0.717, 1.165) is 19.1 Å². The van der Waals surface area contributed by atoms with E-state index in [1.807, 2.05) is 0 Å². The Hall–Kier alpha value is -3.12. The van der Waals surface area contributed by atoms with E-state index >= 15 is 0 Å². The zero-order valence-corrected chi connectivity index (χ0v) is 16.1. The van der Waals surface area contributed by atoms with Crippen LogP contribution in [0.1, 0.15) is 13.8 Å². The van der Waals surface area contributed by atoms with Crippen LogP contribution in [0.2, 0.25) is 0 Å². The molecule has 0 heterocycles. The van der Waals surface area contributed by atoms with E-state index in [-0.39, 0.29) is 0 Å². The Labute approximate surface area is 169 Å². The molecule has 170 valence electrons. The molecule has 30 heavy (non-hydrogen) atoms. The third-order valence-electron chi connectivity index (χ3n) is 3.06. The molecule has 2 atom stereocenters. The van der Waals surface area contributed by atoms with E-state index in [1.54, 1.807) is 0 Å². The van der Waals surface area contributed by atoms with Gasteiger partial charge in [-0.15, -0.1) is 0 Å². The Bertz CT molecular complexity index is 641. The molecule has 0 aromatic carbocycles. The van der Waals surface area contributed by atoms with Crippen molar-refractivity contribution in [3.05, 3.63) is 25.3 Å². The van der Waals surface area contributed by atoms with Crippen LogP contribution in [-0.2, 0) is 33.3 Å². The first-order valence-corrected chi connectivity index (χ1v) is 8.18. The first kappa shape index (κ1) is 26.9. The molecule has 1 amide bonds. The summed E-state index contributed by atoms with van der Waals surface area (Å²) in [7, 11) is 0. The van der Waals surface area contributed by atoms with E-state index in [2.05, 4.69) is 27.9 Å². The summed E-state index contributed by atoms with van der Waals surface area (Å²) in [6.07, 6.45) is -10.2. The molecule has 0 fully saturated rings. The fourth-order valence-electron chi connectivity index (χ4n) is 1.59. The second-order valence-electron chi connectivity index (χ2n) is 6.06. The Morgan fingerprint density at radius 3 is 1.87 bits per heavy atom. The number of rotatable bonds is 11. The van der Waals surface area contributed by atoms with Gasteiger partial charge in [-0.25, -0.2) is 23.6 Å². The number of ether oxygens (including phenoxy) is 4. The van der Waals surface area contributed by atoms with Gasteiger partial charge >= 0.3 is 30.2 Å². The van der Waals surface area contributed by atoms with Crippen molar-refractivity contribution in [1.82, 2.24) is 5.32 Å². The van der Waals surface area contributed by atoms with Gasteiger partial charge in [0.05, 0.1) is 0 Å². The van der Waals surface area contributed by atoms with Crippen LogP contribution in [0.4, 0.5) is 22.4 Å². The molecule has 0 aliphatic rings. The second-order valence-corrected chi connectivity index (χ2v) is 6.06. The summed E-state index contributed by atoms with van der Waals surface area (Å²) in [6, 6.07) is 0. The highest BCUT2D eigenvalue weighted by Crippen LogP contribution is 2.24. The molecule has 0 radical (unpaired) electrons. The first-order valence-electron chi connectivity index (χ1n) is 8.18. The predicted molar refractivity (Wildman–Crippen MR) is 91.7 cm³/mol. The summed E-state index contributed by atoms with van der Waals surface area (Å²) in [5.41, 5.74) is -1.48. The first-order chi connectivity index (χ1) is 13.7. The third-order valence-corrected chi connectivity index (χ3v) is 3.06. The molecule has 0 bridgehead atoms. The van der Waals surface area contributed by atoms with E-state index in [9.17, 15) is 36.7 Å². The number of hydrogen-bond donors (Lipinski definition) is 1. The number of carbonyl (C=O) groups excluding carboxylic acids is 4. The molecule has 2 unspecified atom stereocenters. The van der Waals surface area contributed by atoms with Crippen molar-refractivity contribution < 1.29 is 55.7 Å². The molecule has 0 spiro atoms. The molecule has 0 saturated heterocycles. The lowest BCUT2D eigenvalue weighted by molar-refractivity contribution is -0.204. The fraction of sp³-hybridized carbons (Fsp3) is 0.529. The van der Waals surface area contributed by atoms with Crippen LogP contribution in [-0.4, -0.2) is 67.8 Å². The van der Waals surface area contributed by atoms with Crippen molar-refractivity contribution in [2.45, 2.75) is 37.8 Å². The van der Waals surface area contributed by atoms with Crippen LogP contribution < -0.4 is 5.32 Å². The van der Waals surface area contributed by atoms with Crippen molar-refractivity contribution in [3.8, 4) is 0 Å². The summed E-state index contributed by atoms with van der Waals surface area (Å²) in [5, 5.41) is 2.23. The zero-order valence-electron chi connectivity index (χ0n) is 16.1. The Morgan fingerprint density at radius 2 is 1.47 bits per heavy atom. The molecule has 9 nitrogen and oxygen atoms in total. The van der Waals surface area contributed by atoms with E-state index in [4.69, 9.17) is 9.47 Å². The van der Waals surface area contributed by atoms with Crippen molar-refractivity contribution in [2.24, 2.45) is 0 Å². The monoisotopic (exact) mass is 443 g/mol. The van der Waals surface area contributed by atoms with Crippen LogP contribution >= 0.6 is 0 Å². The molecule has 0 rings (SSSR count). The number of hydrogen-bond acceptors (Lipinski definition) is 8. The standard InChI is InChI=1S/C17H21F4NO8/c1-5-11(23)28-8-16(4,9-29-12(24)6-2)22-15(26)27-7-10(3)30-14(25)13(18)17(19,20)21/h5-6,10,13H,1-2,7-9H2,3-4H3,(H,22,26). The van der Waals surface area contributed by atoms with Crippen LogP contribution in [0.5, 0.6) is 0 Å². The maximum Gasteiger partial charge on any atom is 0.430 e. The van der Waals surface area contributed by atoms with E-state index < -0.39 is 67.8 Å². The van der Waals surface area contributed by atoms with Gasteiger partial charge in [0.25, 0.3) is 6.17 Å². The molecule has 0 aromatic rings. The van der Waals surface area contributed by atoms with Crippen LogP contribution in [0.15, 0.2) is 25.3 Å². The van der Waals surface area contributed by atoms with Crippen molar-refractivity contribution >= 4 is 24.0 Å². The average molecular weight is 443 g/mol. The minimum atomic E-state index is -5.43. The van der Waals surface area contributed by atoms with E-state index in [1.165, 1.54) is 6.92 Å². The number of alkyl halides is 4. The quantitative estimate of drug-likeness (QED) is 0.222.